The summed E-state index contributed by atoms with van der Waals surface area (Å²) in [5.41, 5.74) is 0.981. The summed E-state index contributed by atoms with van der Waals surface area (Å²) < 4.78 is 6.73. The highest BCUT2D eigenvalue weighted by Gasteiger charge is 2.45. The van der Waals surface area contributed by atoms with Gasteiger partial charge in [-0.15, -0.1) is 5.10 Å². The number of aromatic nitrogens is 3. The fourth-order valence-electron chi connectivity index (χ4n) is 3.81. The zero-order valence-electron chi connectivity index (χ0n) is 18.0. The van der Waals surface area contributed by atoms with E-state index in [9.17, 15) is 14.7 Å². The molecule has 0 saturated carbocycles. The van der Waals surface area contributed by atoms with Crippen molar-refractivity contribution in [2.75, 3.05) is 20.7 Å². The summed E-state index contributed by atoms with van der Waals surface area (Å²) in [6.45, 7) is 5.92. The molecule has 9 heteroatoms. The van der Waals surface area contributed by atoms with Crippen molar-refractivity contribution in [2.45, 2.75) is 45.4 Å². The molecule has 2 amide bonds. The Morgan fingerprint density at radius 2 is 1.93 bits per heavy atom. The molecule has 1 aliphatic heterocycles. The molecule has 2 heterocycles. The van der Waals surface area contributed by atoms with Gasteiger partial charge in [0.1, 0.15) is 23.5 Å². The van der Waals surface area contributed by atoms with E-state index in [4.69, 9.17) is 4.74 Å². The summed E-state index contributed by atoms with van der Waals surface area (Å²) in [5, 5.41) is 21.1. The minimum Gasteiger partial charge on any atom is -0.497 e. The van der Waals surface area contributed by atoms with Crippen LogP contribution in [0.4, 0.5) is 0 Å². The van der Waals surface area contributed by atoms with Gasteiger partial charge in [0.2, 0.25) is 11.8 Å². The van der Waals surface area contributed by atoms with Crippen LogP contribution in [0.5, 0.6) is 5.75 Å². The second-order valence-electron chi connectivity index (χ2n) is 8.59. The summed E-state index contributed by atoms with van der Waals surface area (Å²) >= 11 is 0. The first-order chi connectivity index (χ1) is 14.2. The Bertz CT molecular complexity index is 903. The van der Waals surface area contributed by atoms with Crippen LogP contribution < -0.4 is 10.1 Å². The molecular weight excluding hydrogens is 386 g/mol. The largest absolute Gasteiger partial charge is 0.497 e. The third-order valence-electron chi connectivity index (χ3n) is 5.33. The predicted octanol–water partition coefficient (Wildman–Crippen LogP) is 1.25. The van der Waals surface area contributed by atoms with Gasteiger partial charge in [0.05, 0.1) is 19.4 Å². The molecule has 2 aromatic rings. The lowest BCUT2D eigenvalue weighted by Crippen LogP contribution is -2.49. The second-order valence-corrected chi connectivity index (χ2v) is 8.59. The number of aliphatic hydroxyl groups is 1. The third kappa shape index (κ3) is 4.30. The van der Waals surface area contributed by atoms with Crippen LogP contribution in [0.2, 0.25) is 0 Å². The van der Waals surface area contributed by atoms with Crippen molar-refractivity contribution in [1.82, 2.24) is 25.2 Å². The van der Waals surface area contributed by atoms with Crippen LogP contribution in [0, 0.1) is 5.41 Å². The average molecular weight is 415 g/mol. The molecule has 1 aromatic carbocycles. The summed E-state index contributed by atoms with van der Waals surface area (Å²) in [4.78, 5) is 27.2. The number of nitrogens with one attached hydrogen (secondary N) is 1. The highest BCUT2D eigenvalue weighted by Crippen LogP contribution is 2.35. The molecule has 30 heavy (non-hydrogen) atoms. The number of hydrogen-bond donors (Lipinski definition) is 2. The number of likely N-dealkylation sites (N-methyl/N-ethyl adjacent to an activating group) is 1. The van der Waals surface area contributed by atoms with Gasteiger partial charge in [0.15, 0.2) is 0 Å². The standard InChI is InChI=1S/C21H29N5O4/c1-21(2,3)18(20(29)25-11-14(27)10-17(25)19(28)22-4)26-12-16(23-24-26)13-6-8-15(30-5)9-7-13/h6-9,12,14,17-18,27H,10-11H2,1-5H3,(H,22,28)/t14?,17?,18-/m1/s1. The monoisotopic (exact) mass is 415 g/mol. The summed E-state index contributed by atoms with van der Waals surface area (Å²) in [6, 6.07) is 6.03. The maximum absolute atomic E-state index is 13.5. The number of rotatable bonds is 5. The molecule has 9 nitrogen and oxygen atoms in total. The van der Waals surface area contributed by atoms with Crippen LogP contribution >= 0.6 is 0 Å². The molecule has 2 N–H and O–H groups in total. The Morgan fingerprint density at radius 1 is 1.27 bits per heavy atom. The van der Waals surface area contributed by atoms with E-state index in [1.165, 1.54) is 11.9 Å². The summed E-state index contributed by atoms with van der Waals surface area (Å²) in [6.07, 6.45) is 1.22. The molecule has 1 fully saturated rings. The van der Waals surface area contributed by atoms with E-state index in [1.807, 2.05) is 45.0 Å². The van der Waals surface area contributed by atoms with E-state index in [2.05, 4.69) is 15.6 Å². The summed E-state index contributed by atoms with van der Waals surface area (Å²) in [7, 11) is 3.13. The van der Waals surface area contributed by atoms with Gasteiger partial charge in [-0.2, -0.15) is 0 Å². The highest BCUT2D eigenvalue weighted by atomic mass is 16.5. The lowest BCUT2D eigenvalue weighted by atomic mass is 9.85. The van der Waals surface area contributed by atoms with E-state index in [1.54, 1.807) is 18.0 Å². The van der Waals surface area contributed by atoms with Crippen molar-refractivity contribution in [1.29, 1.82) is 0 Å². The van der Waals surface area contributed by atoms with Gasteiger partial charge >= 0.3 is 0 Å². The smallest absolute Gasteiger partial charge is 0.248 e. The first-order valence-electron chi connectivity index (χ1n) is 9.92. The van der Waals surface area contributed by atoms with Gasteiger partial charge < -0.3 is 20.1 Å². The number of nitrogens with zero attached hydrogens (tertiary/aromatic N) is 4. The number of methoxy groups -OCH3 is 1. The van der Waals surface area contributed by atoms with E-state index in [0.29, 0.717) is 5.69 Å². The number of benzene rings is 1. The molecule has 0 spiro atoms. The topological polar surface area (TPSA) is 110 Å². The molecular formula is C21H29N5O4. The van der Waals surface area contributed by atoms with Crippen molar-refractivity contribution in [2.24, 2.45) is 5.41 Å². The van der Waals surface area contributed by atoms with Crippen LogP contribution in [-0.4, -0.2) is 69.7 Å². The first-order valence-corrected chi connectivity index (χ1v) is 9.92. The van der Waals surface area contributed by atoms with Crippen LogP contribution in [0.25, 0.3) is 11.3 Å². The van der Waals surface area contributed by atoms with Gasteiger partial charge in [0.25, 0.3) is 0 Å². The Balaban J connectivity index is 1.92. The number of carbonyl (C=O) groups is 2. The van der Waals surface area contributed by atoms with E-state index < -0.39 is 23.6 Å². The lowest BCUT2D eigenvalue weighted by molar-refractivity contribution is -0.144. The van der Waals surface area contributed by atoms with Crippen molar-refractivity contribution < 1.29 is 19.4 Å². The molecule has 1 saturated heterocycles. The maximum Gasteiger partial charge on any atom is 0.248 e. The van der Waals surface area contributed by atoms with E-state index >= 15 is 0 Å². The molecule has 0 bridgehead atoms. The zero-order chi connectivity index (χ0) is 22.1. The molecule has 1 aliphatic rings. The van der Waals surface area contributed by atoms with Gasteiger partial charge in [-0.1, -0.05) is 26.0 Å². The maximum atomic E-state index is 13.5. The van der Waals surface area contributed by atoms with Gasteiger partial charge in [-0.05, 0) is 29.7 Å². The average Bonchev–Trinajstić information content (AvgIpc) is 3.33. The number of hydrogen-bond acceptors (Lipinski definition) is 6. The Labute approximate surface area is 176 Å². The van der Waals surface area contributed by atoms with Crippen LogP contribution in [0.15, 0.2) is 30.5 Å². The fraction of sp³-hybridized carbons (Fsp3) is 0.524. The Kier molecular flexibility index (Phi) is 6.12. The molecule has 162 valence electrons. The molecule has 3 atom stereocenters. The minimum absolute atomic E-state index is 0.115. The number of ether oxygens (including phenoxy) is 1. The molecule has 2 unspecified atom stereocenters. The van der Waals surface area contributed by atoms with Crippen molar-refractivity contribution in [3.8, 4) is 17.0 Å². The van der Waals surface area contributed by atoms with Crippen molar-refractivity contribution in [3.05, 3.63) is 30.5 Å². The second kappa shape index (κ2) is 8.43. The van der Waals surface area contributed by atoms with Crippen molar-refractivity contribution >= 4 is 11.8 Å². The number of carbonyl (C=O) groups excluding carboxylic acids is 2. The van der Waals surface area contributed by atoms with Crippen LogP contribution in [-0.2, 0) is 9.59 Å². The predicted molar refractivity (Wildman–Crippen MR) is 111 cm³/mol. The number of amides is 2. The van der Waals surface area contributed by atoms with Crippen molar-refractivity contribution in [3.63, 3.8) is 0 Å². The fourth-order valence-corrected chi connectivity index (χ4v) is 3.81. The Morgan fingerprint density at radius 3 is 2.50 bits per heavy atom. The highest BCUT2D eigenvalue weighted by molar-refractivity contribution is 5.90. The van der Waals surface area contributed by atoms with Gasteiger partial charge in [-0.25, -0.2) is 4.68 Å². The van der Waals surface area contributed by atoms with Crippen LogP contribution in [0.3, 0.4) is 0 Å². The number of β-amino-alcohol motifs (C(OH)–C–C–N with tert-alkyl or cyclic N) is 1. The SMILES string of the molecule is CNC(=O)C1CC(O)CN1C(=O)[C@@H](n1cc(-c2ccc(OC)cc2)nn1)C(C)(C)C. The van der Waals surface area contributed by atoms with E-state index in [-0.39, 0.29) is 24.8 Å². The number of likely N-dealkylation sites (tertiary alicyclic amines) is 1. The lowest BCUT2D eigenvalue weighted by Gasteiger charge is -2.34. The quantitative estimate of drug-likeness (QED) is 0.761. The molecule has 1 aromatic heterocycles. The van der Waals surface area contributed by atoms with E-state index in [0.717, 1.165) is 11.3 Å². The van der Waals surface area contributed by atoms with Crippen LogP contribution in [0.1, 0.15) is 33.2 Å². The Hall–Kier alpha value is -2.94. The minimum atomic E-state index is -0.734. The van der Waals surface area contributed by atoms with Gasteiger partial charge in [0, 0.05) is 25.6 Å². The zero-order valence-corrected chi connectivity index (χ0v) is 18.0. The normalized spacial score (nSPS) is 20.1. The summed E-state index contributed by atoms with van der Waals surface area (Å²) in [5.74, 6) is 0.186. The number of aliphatic hydroxyl groups excluding tert-OH is 1. The molecule has 0 radical (unpaired) electrons. The van der Waals surface area contributed by atoms with Gasteiger partial charge in [-0.3, -0.25) is 9.59 Å². The first kappa shape index (κ1) is 21.8. The molecule has 0 aliphatic carbocycles. The molecule has 3 rings (SSSR count). The third-order valence-corrected chi connectivity index (χ3v) is 5.33.